The molecule has 136 valence electrons. The van der Waals surface area contributed by atoms with Gasteiger partial charge < -0.3 is 9.47 Å². The second kappa shape index (κ2) is 6.72. The Kier molecular flexibility index (Phi) is 4.41. The van der Waals surface area contributed by atoms with Crippen molar-refractivity contribution >= 4 is 5.91 Å². The summed E-state index contributed by atoms with van der Waals surface area (Å²) in [7, 11) is 1.86. The van der Waals surface area contributed by atoms with Crippen molar-refractivity contribution in [3.63, 3.8) is 0 Å². The van der Waals surface area contributed by atoms with Gasteiger partial charge in [-0.3, -0.25) is 14.5 Å². The lowest BCUT2D eigenvalue weighted by Gasteiger charge is -2.38. The third-order valence-corrected chi connectivity index (χ3v) is 5.86. The van der Waals surface area contributed by atoms with Gasteiger partial charge in [-0.15, -0.1) is 0 Å². The van der Waals surface area contributed by atoms with Crippen molar-refractivity contribution in [3.8, 4) is 0 Å². The molecule has 0 radical (unpaired) electrons. The number of amides is 1. The highest BCUT2D eigenvalue weighted by molar-refractivity contribution is 5.94. The highest BCUT2D eigenvalue weighted by atomic mass is 16.2. The van der Waals surface area contributed by atoms with E-state index < -0.39 is 0 Å². The van der Waals surface area contributed by atoms with Crippen molar-refractivity contribution in [2.45, 2.75) is 25.8 Å². The smallest absolute Gasteiger partial charge is 0.259 e. The second-order valence-corrected chi connectivity index (χ2v) is 7.46. The maximum Gasteiger partial charge on any atom is 0.259 e. The Balaban J connectivity index is 1.41. The molecule has 0 atom stereocenters. The van der Waals surface area contributed by atoms with Crippen LogP contribution in [0.25, 0.3) is 0 Å². The highest BCUT2D eigenvalue weighted by Gasteiger charge is 2.31. The van der Waals surface area contributed by atoms with E-state index in [1.807, 2.05) is 23.4 Å². The molecule has 1 aromatic heterocycles. The Bertz CT molecular complexity index is 869. The maximum absolute atomic E-state index is 12.8. The Hall–Kier alpha value is -2.40. The minimum absolute atomic E-state index is 0.139. The number of carbonyl (C=O) groups is 1. The molecule has 5 nitrogen and oxygen atoms in total. The molecule has 1 amide bonds. The number of carbonyl (C=O) groups excluding carboxylic acids is 1. The SMILES string of the molecule is Cc1cc(=O)c(C(=O)N2CCN(C3Cc4ccccc4C3)CC2)cn1C. The molecule has 0 spiro atoms. The van der Waals surface area contributed by atoms with Crippen molar-refractivity contribution in [2.24, 2.45) is 7.05 Å². The van der Waals surface area contributed by atoms with Gasteiger partial charge in [0.25, 0.3) is 5.91 Å². The molecule has 1 aromatic carbocycles. The van der Waals surface area contributed by atoms with E-state index in [0.29, 0.717) is 19.1 Å². The topological polar surface area (TPSA) is 45.6 Å². The van der Waals surface area contributed by atoms with Gasteiger partial charge in [-0.05, 0) is 30.9 Å². The molecule has 0 saturated carbocycles. The van der Waals surface area contributed by atoms with Crippen molar-refractivity contribution in [3.05, 3.63) is 69.1 Å². The number of aryl methyl sites for hydroxylation is 2. The molecular formula is C21H25N3O2. The van der Waals surface area contributed by atoms with Gasteiger partial charge in [0.15, 0.2) is 5.43 Å². The highest BCUT2D eigenvalue weighted by Crippen LogP contribution is 2.26. The van der Waals surface area contributed by atoms with Crippen LogP contribution in [0.3, 0.4) is 0 Å². The number of aromatic nitrogens is 1. The summed E-state index contributed by atoms with van der Waals surface area (Å²) in [6, 6.07) is 10.8. The van der Waals surface area contributed by atoms with Gasteiger partial charge in [0.05, 0.1) is 0 Å². The normalized spacial score (nSPS) is 18.2. The van der Waals surface area contributed by atoms with Crippen molar-refractivity contribution in [1.82, 2.24) is 14.4 Å². The summed E-state index contributed by atoms with van der Waals surface area (Å²) in [5.74, 6) is -0.139. The Labute approximate surface area is 153 Å². The van der Waals surface area contributed by atoms with Crippen molar-refractivity contribution in [2.75, 3.05) is 26.2 Å². The first-order valence-electron chi connectivity index (χ1n) is 9.30. The summed E-state index contributed by atoms with van der Waals surface area (Å²) in [5, 5.41) is 0. The van der Waals surface area contributed by atoms with Crippen LogP contribution in [-0.4, -0.2) is 52.5 Å². The van der Waals surface area contributed by atoms with Crippen LogP contribution in [-0.2, 0) is 19.9 Å². The van der Waals surface area contributed by atoms with E-state index in [1.54, 1.807) is 12.3 Å². The molecule has 1 fully saturated rings. The summed E-state index contributed by atoms with van der Waals surface area (Å²) in [6.07, 6.45) is 3.87. The standard InChI is InChI=1S/C21H25N3O2/c1-15-11-20(25)19(14-22(15)2)21(26)24-9-7-23(8-10-24)18-12-16-5-3-4-6-17(16)13-18/h3-6,11,14,18H,7-10,12-13H2,1-2H3. The molecule has 26 heavy (non-hydrogen) atoms. The van der Waals surface area contributed by atoms with Crippen molar-refractivity contribution < 1.29 is 4.79 Å². The fourth-order valence-corrected chi connectivity index (χ4v) is 4.14. The molecular weight excluding hydrogens is 326 g/mol. The van der Waals surface area contributed by atoms with E-state index in [9.17, 15) is 9.59 Å². The van der Waals surface area contributed by atoms with Gasteiger partial charge in [0.1, 0.15) is 5.56 Å². The lowest BCUT2D eigenvalue weighted by molar-refractivity contribution is 0.0574. The Morgan fingerprint density at radius 3 is 2.27 bits per heavy atom. The van der Waals surface area contributed by atoms with E-state index in [2.05, 4.69) is 29.2 Å². The number of piperazine rings is 1. The molecule has 4 rings (SSSR count). The van der Waals surface area contributed by atoms with Gasteiger partial charge >= 0.3 is 0 Å². The predicted molar refractivity (Wildman–Crippen MR) is 102 cm³/mol. The molecule has 5 heteroatoms. The van der Waals surface area contributed by atoms with E-state index in [4.69, 9.17) is 0 Å². The summed E-state index contributed by atoms with van der Waals surface area (Å²) in [6.45, 7) is 4.98. The average molecular weight is 351 g/mol. The number of pyridine rings is 1. The quantitative estimate of drug-likeness (QED) is 0.826. The third-order valence-electron chi connectivity index (χ3n) is 5.86. The summed E-state index contributed by atoms with van der Waals surface area (Å²) < 4.78 is 1.83. The van der Waals surface area contributed by atoms with E-state index in [1.165, 1.54) is 11.1 Å². The van der Waals surface area contributed by atoms with Gasteiger partial charge in [-0.2, -0.15) is 0 Å². The summed E-state index contributed by atoms with van der Waals surface area (Å²) in [4.78, 5) is 29.3. The van der Waals surface area contributed by atoms with Crippen LogP contribution < -0.4 is 5.43 Å². The molecule has 0 bridgehead atoms. The number of rotatable bonds is 2. The van der Waals surface area contributed by atoms with Gasteiger partial charge in [-0.1, -0.05) is 24.3 Å². The average Bonchev–Trinajstić information content (AvgIpc) is 3.08. The largest absolute Gasteiger partial charge is 0.354 e. The number of benzene rings is 1. The van der Waals surface area contributed by atoms with Crippen LogP contribution in [0.15, 0.2) is 41.3 Å². The first-order valence-corrected chi connectivity index (χ1v) is 9.30. The molecule has 1 saturated heterocycles. The van der Waals surface area contributed by atoms with Crippen LogP contribution in [0.5, 0.6) is 0 Å². The molecule has 1 aliphatic carbocycles. The lowest BCUT2D eigenvalue weighted by Crippen LogP contribution is -2.52. The van der Waals surface area contributed by atoms with E-state index in [-0.39, 0.29) is 16.9 Å². The molecule has 2 aromatic rings. The molecule has 2 aliphatic rings. The zero-order chi connectivity index (χ0) is 18.3. The number of nitrogens with zero attached hydrogens (tertiary/aromatic N) is 3. The van der Waals surface area contributed by atoms with Crippen LogP contribution in [0.4, 0.5) is 0 Å². The second-order valence-electron chi connectivity index (χ2n) is 7.46. The number of fused-ring (bicyclic) bond motifs is 1. The van der Waals surface area contributed by atoms with Gasteiger partial charge in [-0.25, -0.2) is 0 Å². The molecule has 2 heterocycles. The number of hydrogen-bond donors (Lipinski definition) is 0. The zero-order valence-electron chi connectivity index (χ0n) is 15.4. The maximum atomic E-state index is 12.8. The van der Waals surface area contributed by atoms with Gasteiger partial charge in [0, 0.05) is 57.2 Å². The molecule has 1 aliphatic heterocycles. The first-order chi connectivity index (χ1) is 12.5. The third kappa shape index (κ3) is 3.07. The van der Waals surface area contributed by atoms with E-state index in [0.717, 1.165) is 31.6 Å². The zero-order valence-corrected chi connectivity index (χ0v) is 15.4. The van der Waals surface area contributed by atoms with Crippen LogP contribution >= 0.6 is 0 Å². The van der Waals surface area contributed by atoms with Gasteiger partial charge in [0.2, 0.25) is 0 Å². The fraction of sp³-hybridized carbons (Fsp3) is 0.429. The Morgan fingerprint density at radius 2 is 1.65 bits per heavy atom. The van der Waals surface area contributed by atoms with Crippen LogP contribution in [0.2, 0.25) is 0 Å². The number of hydrogen-bond acceptors (Lipinski definition) is 3. The van der Waals surface area contributed by atoms with Crippen molar-refractivity contribution in [1.29, 1.82) is 0 Å². The minimum atomic E-state index is -0.181. The predicted octanol–water partition coefficient (Wildman–Crippen LogP) is 1.62. The minimum Gasteiger partial charge on any atom is -0.354 e. The monoisotopic (exact) mass is 351 g/mol. The first kappa shape index (κ1) is 17.0. The lowest BCUT2D eigenvalue weighted by atomic mass is 10.1. The summed E-state index contributed by atoms with van der Waals surface area (Å²) >= 11 is 0. The van der Waals surface area contributed by atoms with Crippen LogP contribution in [0, 0.1) is 6.92 Å². The van der Waals surface area contributed by atoms with E-state index >= 15 is 0 Å². The Morgan fingerprint density at radius 1 is 1.04 bits per heavy atom. The molecule has 0 unspecified atom stereocenters. The molecule has 0 N–H and O–H groups in total. The summed E-state index contributed by atoms with van der Waals surface area (Å²) in [5.41, 5.74) is 3.87. The fourth-order valence-electron chi connectivity index (χ4n) is 4.14. The van der Waals surface area contributed by atoms with Crippen LogP contribution in [0.1, 0.15) is 27.2 Å².